The highest BCUT2D eigenvalue weighted by Crippen LogP contribution is 2.48. The van der Waals surface area contributed by atoms with Crippen LogP contribution >= 0.6 is 27.7 Å². The second-order valence-electron chi connectivity index (χ2n) is 5.01. The Morgan fingerprint density at radius 1 is 1.47 bits per heavy atom. The minimum Gasteiger partial charge on any atom is -0.486 e. The third-order valence-electron chi connectivity index (χ3n) is 3.52. The van der Waals surface area contributed by atoms with Gasteiger partial charge in [0.2, 0.25) is 0 Å². The summed E-state index contributed by atoms with van der Waals surface area (Å²) in [7, 11) is 0. The Bertz CT molecular complexity index is 451. The maximum absolute atomic E-state index is 10.3. The highest BCUT2D eigenvalue weighted by molar-refractivity contribution is 9.10. The van der Waals surface area contributed by atoms with Crippen LogP contribution in [-0.2, 0) is 0 Å². The van der Waals surface area contributed by atoms with E-state index in [4.69, 9.17) is 4.74 Å². The molecule has 0 radical (unpaired) electrons. The van der Waals surface area contributed by atoms with Crippen molar-refractivity contribution in [3.8, 4) is 5.75 Å². The largest absolute Gasteiger partial charge is 0.486 e. The third-order valence-corrected chi connectivity index (χ3v) is 5.44. The SMILES string of the molecule is CC1CC2(CS1)CC(O)c1ccc(Br)cc1O2. The van der Waals surface area contributed by atoms with Crippen LogP contribution in [-0.4, -0.2) is 21.7 Å². The van der Waals surface area contributed by atoms with E-state index in [9.17, 15) is 5.11 Å². The van der Waals surface area contributed by atoms with Crippen LogP contribution in [0, 0.1) is 0 Å². The zero-order chi connectivity index (χ0) is 12.0. The number of aliphatic hydroxyl groups excluding tert-OH is 1. The van der Waals surface area contributed by atoms with E-state index >= 15 is 0 Å². The summed E-state index contributed by atoms with van der Waals surface area (Å²) in [5.41, 5.74) is 0.764. The van der Waals surface area contributed by atoms with Gasteiger partial charge in [-0.3, -0.25) is 0 Å². The summed E-state index contributed by atoms with van der Waals surface area (Å²) >= 11 is 5.39. The molecule has 2 aliphatic rings. The maximum Gasteiger partial charge on any atom is 0.127 e. The van der Waals surface area contributed by atoms with Crippen LogP contribution in [0.3, 0.4) is 0 Å². The molecule has 17 heavy (non-hydrogen) atoms. The predicted octanol–water partition coefficient (Wildman–Crippen LogP) is 3.53. The average Bonchev–Trinajstić information content (AvgIpc) is 2.58. The van der Waals surface area contributed by atoms with E-state index in [1.807, 2.05) is 30.0 Å². The van der Waals surface area contributed by atoms with Crippen molar-refractivity contribution < 1.29 is 9.84 Å². The first-order valence-corrected chi connectivity index (χ1v) is 7.70. The van der Waals surface area contributed by atoms with Crippen LogP contribution in [0.1, 0.15) is 31.4 Å². The molecule has 2 nitrogen and oxygen atoms in total. The van der Waals surface area contributed by atoms with Gasteiger partial charge in [-0.15, -0.1) is 0 Å². The fourth-order valence-electron chi connectivity index (χ4n) is 2.76. The summed E-state index contributed by atoms with van der Waals surface area (Å²) < 4.78 is 7.19. The molecule has 0 bridgehead atoms. The van der Waals surface area contributed by atoms with Crippen molar-refractivity contribution in [1.82, 2.24) is 0 Å². The number of hydrogen-bond donors (Lipinski definition) is 1. The van der Waals surface area contributed by atoms with Crippen molar-refractivity contribution >= 4 is 27.7 Å². The van der Waals surface area contributed by atoms with Gasteiger partial charge >= 0.3 is 0 Å². The Balaban J connectivity index is 1.97. The minimum absolute atomic E-state index is 0.155. The predicted molar refractivity (Wildman–Crippen MR) is 73.6 cm³/mol. The van der Waals surface area contributed by atoms with Gasteiger partial charge in [-0.05, 0) is 18.6 Å². The van der Waals surface area contributed by atoms with Crippen LogP contribution in [0.25, 0.3) is 0 Å². The molecular formula is C13H15BrO2S. The smallest absolute Gasteiger partial charge is 0.127 e. The summed E-state index contributed by atoms with van der Waals surface area (Å²) in [6.07, 6.45) is 1.36. The van der Waals surface area contributed by atoms with Crippen LogP contribution in [0.15, 0.2) is 22.7 Å². The lowest BCUT2D eigenvalue weighted by Gasteiger charge is -2.37. The molecule has 0 saturated carbocycles. The van der Waals surface area contributed by atoms with Crippen molar-refractivity contribution in [2.45, 2.75) is 36.7 Å². The highest BCUT2D eigenvalue weighted by Gasteiger charge is 2.45. The van der Waals surface area contributed by atoms with Gasteiger partial charge in [0.1, 0.15) is 11.4 Å². The van der Waals surface area contributed by atoms with E-state index in [2.05, 4.69) is 22.9 Å². The molecule has 0 aliphatic carbocycles. The van der Waals surface area contributed by atoms with Gasteiger partial charge in [-0.2, -0.15) is 11.8 Å². The van der Waals surface area contributed by atoms with Crippen molar-refractivity contribution in [1.29, 1.82) is 0 Å². The van der Waals surface area contributed by atoms with Gasteiger partial charge in [0.25, 0.3) is 0 Å². The van der Waals surface area contributed by atoms with Crippen LogP contribution in [0.5, 0.6) is 5.75 Å². The van der Waals surface area contributed by atoms with Gasteiger partial charge < -0.3 is 9.84 Å². The van der Waals surface area contributed by atoms with Gasteiger partial charge in [0, 0.05) is 27.5 Å². The van der Waals surface area contributed by atoms with Crippen molar-refractivity contribution in [3.63, 3.8) is 0 Å². The molecule has 3 rings (SSSR count). The Morgan fingerprint density at radius 2 is 2.29 bits per heavy atom. The summed E-state index contributed by atoms with van der Waals surface area (Å²) in [6.45, 7) is 2.23. The topological polar surface area (TPSA) is 29.5 Å². The molecular weight excluding hydrogens is 300 g/mol. The molecule has 0 aromatic heterocycles. The van der Waals surface area contributed by atoms with E-state index in [-0.39, 0.29) is 5.60 Å². The number of benzene rings is 1. The molecule has 2 heterocycles. The summed E-state index contributed by atoms with van der Waals surface area (Å²) in [5.74, 6) is 1.82. The van der Waals surface area contributed by atoms with Gasteiger partial charge in [-0.25, -0.2) is 0 Å². The van der Waals surface area contributed by atoms with Gasteiger partial charge in [0.05, 0.1) is 6.10 Å². The molecule has 3 unspecified atom stereocenters. The second-order valence-corrected chi connectivity index (χ2v) is 7.36. The lowest BCUT2D eigenvalue weighted by Crippen LogP contribution is -2.41. The number of rotatable bonds is 0. The lowest BCUT2D eigenvalue weighted by atomic mass is 9.87. The summed E-state index contributed by atoms with van der Waals surface area (Å²) in [6, 6.07) is 5.87. The zero-order valence-electron chi connectivity index (χ0n) is 9.65. The Labute approximate surface area is 114 Å². The molecule has 3 atom stereocenters. The van der Waals surface area contributed by atoms with Crippen molar-refractivity contribution in [3.05, 3.63) is 28.2 Å². The highest BCUT2D eigenvalue weighted by atomic mass is 79.9. The molecule has 0 amide bonds. The van der Waals surface area contributed by atoms with E-state index in [1.54, 1.807) is 0 Å². The van der Waals surface area contributed by atoms with Gasteiger partial charge in [0.15, 0.2) is 0 Å². The Kier molecular flexibility index (Phi) is 2.92. The van der Waals surface area contributed by atoms with Crippen LogP contribution in [0.4, 0.5) is 0 Å². The number of fused-ring (bicyclic) bond motifs is 1. The number of aliphatic hydroxyl groups is 1. The molecule has 1 saturated heterocycles. The fraction of sp³-hybridized carbons (Fsp3) is 0.538. The number of ether oxygens (including phenoxy) is 1. The van der Waals surface area contributed by atoms with Crippen LogP contribution < -0.4 is 4.74 Å². The molecule has 1 aromatic rings. The standard InChI is InChI=1S/C13H15BrO2S/c1-8-5-13(7-17-8)6-11(15)10-3-2-9(14)4-12(10)16-13/h2-4,8,11,15H,5-7H2,1H3. The molecule has 1 N–H and O–H groups in total. The first-order chi connectivity index (χ1) is 8.08. The molecule has 92 valence electrons. The van der Waals surface area contributed by atoms with E-state index < -0.39 is 6.10 Å². The Hall–Kier alpha value is -0.190. The number of thioether (sulfide) groups is 1. The van der Waals surface area contributed by atoms with Crippen LogP contribution in [0.2, 0.25) is 0 Å². The van der Waals surface area contributed by atoms with Crippen molar-refractivity contribution in [2.75, 3.05) is 5.75 Å². The minimum atomic E-state index is -0.391. The third kappa shape index (κ3) is 2.11. The maximum atomic E-state index is 10.3. The van der Waals surface area contributed by atoms with E-state index in [0.29, 0.717) is 5.25 Å². The normalized spacial score (nSPS) is 35.7. The molecule has 1 spiro atoms. The fourth-order valence-corrected chi connectivity index (χ4v) is 4.40. The van der Waals surface area contributed by atoms with E-state index in [0.717, 1.165) is 34.4 Å². The summed E-state index contributed by atoms with van der Waals surface area (Å²) in [4.78, 5) is 0. The van der Waals surface area contributed by atoms with Crippen molar-refractivity contribution in [2.24, 2.45) is 0 Å². The first-order valence-electron chi connectivity index (χ1n) is 5.86. The molecule has 1 aromatic carbocycles. The zero-order valence-corrected chi connectivity index (χ0v) is 12.1. The number of hydrogen-bond acceptors (Lipinski definition) is 3. The monoisotopic (exact) mass is 314 g/mol. The Morgan fingerprint density at radius 3 is 3.00 bits per heavy atom. The quantitative estimate of drug-likeness (QED) is 0.794. The summed E-state index contributed by atoms with van der Waals surface area (Å²) in [5, 5.41) is 10.9. The molecule has 1 fully saturated rings. The first kappa shape index (κ1) is 11.9. The van der Waals surface area contributed by atoms with Gasteiger partial charge in [-0.1, -0.05) is 28.9 Å². The molecule has 4 heteroatoms. The lowest BCUT2D eigenvalue weighted by molar-refractivity contribution is 0.00146. The number of halogens is 1. The molecule has 2 aliphatic heterocycles. The average molecular weight is 315 g/mol. The second kappa shape index (κ2) is 4.18. The van der Waals surface area contributed by atoms with E-state index in [1.165, 1.54) is 0 Å².